The molecule has 0 bridgehead atoms. The van der Waals surface area contributed by atoms with Gasteiger partial charge in [0.05, 0.1) is 26.9 Å². The van der Waals surface area contributed by atoms with Crippen LogP contribution in [0.3, 0.4) is 0 Å². The fourth-order valence-corrected chi connectivity index (χ4v) is 4.81. The highest BCUT2D eigenvalue weighted by Crippen LogP contribution is 2.41. The maximum atomic E-state index is 13.1. The second-order valence-corrected chi connectivity index (χ2v) is 8.70. The van der Waals surface area contributed by atoms with Crippen molar-refractivity contribution in [2.24, 2.45) is 0 Å². The van der Waals surface area contributed by atoms with Crippen LogP contribution >= 0.6 is 35.0 Å². The summed E-state index contributed by atoms with van der Waals surface area (Å²) in [7, 11) is 0. The number of para-hydroxylation sites is 1. The molecular formula is C21H19Cl2N4O2S+. The van der Waals surface area contributed by atoms with Crippen molar-refractivity contribution in [3.05, 3.63) is 68.4 Å². The third-order valence-corrected chi connectivity index (χ3v) is 6.27. The number of halogens is 2. The fourth-order valence-electron chi connectivity index (χ4n) is 3.63. The van der Waals surface area contributed by atoms with Gasteiger partial charge in [0, 0.05) is 11.5 Å². The molecule has 1 amide bonds. The van der Waals surface area contributed by atoms with Crippen molar-refractivity contribution in [3.8, 4) is 11.3 Å². The van der Waals surface area contributed by atoms with Crippen LogP contribution in [0.15, 0.2) is 52.4 Å². The van der Waals surface area contributed by atoms with Gasteiger partial charge < -0.3 is 0 Å². The summed E-state index contributed by atoms with van der Waals surface area (Å²) < 4.78 is 1.57. The molecule has 1 unspecified atom stereocenters. The van der Waals surface area contributed by atoms with E-state index in [1.54, 1.807) is 34.7 Å². The molecular weight excluding hydrogens is 443 g/mol. The van der Waals surface area contributed by atoms with E-state index in [1.807, 2.05) is 31.2 Å². The minimum atomic E-state index is -0.790. The number of thioether (sulfide) groups is 1. The first-order chi connectivity index (χ1) is 14.5. The number of hydrogen-bond donors (Lipinski definition) is 1. The van der Waals surface area contributed by atoms with E-state index in [0.29, 0.717) is 37.7 Å². The third-order valence-electron chi connectivity index (χ3n) is 4.87. The molecule has 9 heteroatoms. The number of aromatic amines is 1. The normalized spacial score (nSPS) is 14.9. The monoisotopic (exact) mass is 461 g/mol. The number of amides is 1. The van der Waals surface area contributed by atoms with Crippen molar-refractivity contribution in [2.75, 3.05) is 10.7 Å². The van der Waals surface area contributed by atoms with Gasteiger partial charge in [-0.05, 0) is 34.7 Å². The number of benzene rings is 2. The number of H-pyrrole nitrogens is 1. The first-order valence-electron chi connectivity index (χ1n) is 9.52. The number of fused-ring (bicyclic) bond motifs is 3. The van der Waals surface area contributed by atoms with Crippen molar-refractivity contribution in [1.82, 2.24) is 10.1 Å². The Morgan fingerprint density at radius 1 is 1.17 bits per heavy atom. The van der Waals surface area contributed by atoms with E-state index in [-0.39, 0.29) is 17.9 Å². The quantitative estimate of drug-likeness (QED) is 0.460. The number of carbonyl (C=O) groups is 1. The van der Waals surface area contributed by atoms with Crippen LogP contribution in [0.4, 0.5) is 5.69 Å². The summed E-state index contributed by atoms with van der Waals surface area (Å²) in [6.07, 6.45) is -0.523. The zero-order chi connectivity index (χ0) is 21.4. The second-order valence-electron chi connectivity index (χ2n) is 6.63. The van der Waals surface area contributed by atoms with Crippen molar-refractivity contribution in [1.29, 1.82) is 0 Å². The zero-order valence-corrected chi connectivity index (χ0v) is 18.7. The molecule has 1 aliphatic rings. The minimum absolute atomic E-state index is 0.131. The van der Waals surface area contributed by atoms with Crippen molar-refractivity contribution >= 4 is 46.6 Å². The van der Waals surface area contributed by atoms with Gasteiger partial charge in [0.2, 0.25) is 11.1 Å². The predicted molar refractivity (Wildman–Crippen MR) is 119 cm³/mol. The maximum absolute atomic E-state index is 13.1. The summed E-state index contributed by atoms with van der Waals surface area (Å²) >= 11 is 14.5. The zero-order valence-electron chi connectivity index (χ0n) is 16.4. The summed E-state index contributed by atoms with van der Waals surface area (Å²) in [6, 6.07) is 12.5. The molecule has 3 aromatic rings. The number of nitrogens with one attached hydrogen (secondary N) is 1. The van der Waals surface area contributed by atoms with Gasteiger partial charge in [-0.15, -0.1) is 0 Å². The molecule has 0 spiro atoms. The Kier molecular flexibility index (Phi) is 5.86. The highest BCUT2D eigenvalue weighted by atomic mass is 35.5. The van der Waals surface area contributed by atoms with Crippen molar-refractivity contribution in [2.45, 2.75) is 31.6 Å². The predicted octanol–water partition coefficient (Wildman–Crippen LogP) is 4.45. The molecule has 0 radical (unpaired) electrons. The molecule has 6 nitrogen and oxygen atoms in total. The van der Waals surface area contributed by atoms with Gasteiger partial charge in [0.15, 0.2) is 0 Å². The van der Waals surface area contributed by atoms with Crippen LogP contribution in [0.1, 0.15) is 32.0 Å². The molecule has 1 N–H and O–H groups in total. The standard InChI is InChI=1S/C21H18Cl2N4O2S/c1-3-16(28)26-15-11-6-5-8-12(15)18-19(29)24-21(30-4-2)25-27(18)20(26)17-13(22)9-7-10-14(17)23/h5-11,20H,3-4H2,1-2H3/p+1. The average Bonchev–Trinajstić information content (AvgIpc) is 2.73. The largest absolute Gasteiger partial charge is 0.325 e. The number of hydrogen-bond acceptors (Lipinski definition) is 4. The number of carbonyl (C=O) groups excluding carboxylic acids is 1. The van der Waals surface area contributed by atoms with Crippen LogP contribution in [-0.2, 0) is 4.79 Å². The molecule has 0 aliphatic carbocycles. The van der Waals surface area contributed by atoms with Gasteiger partial charge >= 0.3 is 11.3 Å². The Bertz CT molecular complexity index is 1180. The van der Waals surface area contributed by atoms with Gasteiger partial charge in [-0.25, -0.2) is 4.90 Å². The van der Waals surface area contributed by atoms with Crippen LogP contribution in [0.5, 0.6) is 0 Å². The molecule has 2 aromatic carbocycles. The van der Waals surface area contributed by atoms with E-state index >= 15 is 0 Å². The molecule has 4 rings (SSSR count). The maximum Gasteiger partial charge on any atom is 0.325 e. The Morgan fingerprint density at radius 2 is 1.87 bits per heavy atom. The summed E-state index contributed by atoms with van der Waals surface area (Å²) in [4.78, 5) is 30.7. The molecule has 2 heterocycles. The van der Waals surface area contributed by atoms with E-state index in [2.05, 4.69) is 10.1 Å². The van der Waals surface area contributed by atoms with Crippen molar-refractivity contribution in [3.63, 3.8) is 0 Å². The lowest BCUT2D eigenvalue weighted by Crippen LogP contribution is -2.61. The van der Waals surface area contributed by atoms with E-state index < -0.39 is 6.17 Å². The Hall–Kier alpha value is -2.35. The molecule has 154 valence electrons. The van der Waals surface area contributed by atoms with E-state index in [0.717, 1.165) is 5.75 Å². The fraction of sp³-hybridized carbons (Fsp3) is 0.238. The minimum Gasteiger partial charge on any atom is -0.291 e. The van der Waals surface area contributed by atoms with Gasteiger partial charge in [0.25, 0.3) is 6.17 Å². The molecule has 1 aliphatic heterocycles. The first kappa shape index (κ1) is 20.9. The Labute approximate surface area is 187 Å². The number of nitrogens with zero attached hydrogens (tertiary/aromatic N) is 3. The van der Waals surface area contributed by atoms with Gasteiger partial charge in [0.1, 0.15) is 0 Å². The van der Waals surface area contributed by atoms with E-state index in [4.69, 9.17) is 23.2 Å². The van der Waals surface area contributed by atoms with Crippen molar-refractivity contribution < 1.29 is 9.48 Å². The summed E-state index contributed by atoms with van der Waals surface area (Å²) in [5.41, 5.74) is 1.83. The molecule has 1 aromatic heterocycles. The van der Waals surface area contributed by atoms with Gasteiger partial charge in [-0.3, -0.25) is 14.6 Å². The summed E-state index contributed by atoms with van der Waals surface area (Å²) in [5, 5.41) is 5.93. The van der Waals surface area contributed by atoms with Crippen LogP contribution < -0.4 is 15.1 Å². The van der Waals surface area contributed by atoms with Gasteiger partial charge in [-0.2, -0.15) is 0 Å². The molecule has 30 heavy (non-hydrogen) atoms. The number of rotatable bonds is 4. The second kappa shape index (κ2) is 8.41. The highest BCUT2D eigenvalue weighted by Gasteiger charge is 2.47. The average molecular weight is 462 g/mol. The molecule has 0 saturated heterocycles. The van der Waals surface area contributed by atoms with Crippen LogP contribution in [0.2, 0.25) is 10.0 Å². The van der Waals surface area contributed by atoms with Crippen LogP contribution in [0, 0.1) is 0 Å². The third kappa shape index (κ3) is 3.41. The number of aromatic nitrogens is 3. The van der Waals surface area contributed by atoms with Gasteiger partial charge in [-0.1, -0.05) is 67.0 Å². The molecule has 0 fully saturated rings. The lowest BCUT2D eigenvalue weighted by atomic mass is 10.0. The molecule has 0 saturated carbocycles. The lowest BCUT2D eigenvalue weighted by Gasteiger charge is -2.32. The smallest absolute Gasteiger partial charge is 0.291 e. The highest BCUT2D eigenvalue weighted by molar-refractivity contribution is 7.99. The van der Waals surface area contributed by atoms with E-state index in [1.165, 1.54) is 11.8 Å². The van der Waals surface area contributed by atoms with Crippen LogP contribution in [0.25, 0.3) is 11.3 Å². The first-order valence-corrected chi connectivity index (χ1v) is 11.3. The summed E-state index contributed by atoms with van der Waals surface area (Å²) in [5.74, 6) is 0.599. The summed E-state index contributed by atoms with van der Waals surface area (Å²) in [6.45, 7) is 3.76. The topological polar surface area (TPSA) is 69.9 Å². The molecule has 1 atom stereocenters. The van der Waals surface area contributed by atoms with Crippen LogP contribution in [-0.4, -0.2) is 21.7 Å². The lowest BCUT2D eigenvalue weighted by molar-refractivity contribution is -0.763. The Balaban J connectivity index is 2.12. The van der Waals surface area contributed by atoms with E-state index in [9.17, 15) is 9.59 Å². The number of anilines is 1. The Morgan fingerprint density at radius 3 is 2.53 bits per heavy atom. The SMILES string of the molecule is CCSc1n[n+]2c(c(=O)[nH]1)-c1ccccc1N(C(=O)CC)C2c1c(Cl)cccc1Cl.